The van der Waals surface area contributed by atoms with Gasteiger partial charge in [0.15, 0.2) is 17.3 Å². The van der Waals surface area contributed by atoms with Crippen molar-refractivity contribution in [2.45, 2.75) is 13.2 Å². The number of aromatic nitrogens is 1. The van der Waals surface area contributed by atoms with Crippen molar-refractivity contribution in [3.8, 4) is 22.6 Å². The highest BCUT2D eigenvalue weighted by Gasteiger charge is 2.43. The van der Waals surface area contributed by atoms with Crippen LogP contribution in [0.1, 0.15) is 16.1 Å². The number of pyridine rings is 1. The minimum Gasteiger partial charge on any atom is -0.451 e. The van der Waals surface area contributed by atoms with Gasteiger partial charge in [-0.05, 0) is 31.2 Å². The maximum atomic E-state index is 13.3. The Morgan fingerprint density at radius 1 is 1.10 bits per heavy atom. The highest BCUT2D eigenvalue weighted by Crippen LogP contribution is 2.46. The summed E-state index contributed by atoms with van der Waals surface area (Å²) >= 11 is 6.21. The first kappa shape index (κ1) is 19.3. The Kier molecular flexibility index (Phi) is 4.33. The van der Waals surface area contributed by atoms with Crippen LogP contribution < -0.4 is 14.8 Å². The van der Waals surface area contributed by atoms with Gasteiger partial charge >= 0.3 is 6.29 Å². The molecule has 2 aromatic carbocycles. The predicted octanol–water partition coefficient (Wildman–Crippen LogP) is 6.03. The lowest BCUT2D eigenvalue weighted by Crippen LogP contribution is -2.25. The third kappa shape index (κ3) is 3.44. The van der Waals surface area contributed by atoms with Crippen LogP contribution in [0.2, 0.25) is 5.02 Å². The van der Waals surface area contributed by atoms with Crippen LogP contribution in [0.4, 0.5) is 14.6 Å². The molecule has 1 amide bonds. The zero-order valence-electron chi connectivity index (χ0n) is 15.9. The van der Waals surface area contributed by atoms with E-state index in [-0.39, 0.29) is 28.1 Å². The first-order valence-electron chi connectivity index (χ1n) is 9.16. The number of nitrogens with zero attached hydrogens (tertiary/aromatic N) is 1. The van der Waals surface area contributed by atoms with E-state index in [0.717, 1.165) is 10.9 Å². The van der Waals surface area contributed by atoms with Crippen LogP contribution in [0.3, 0.4) is 0 Å². The van der Waals surface area contributed by atoms with Crippen molar-refractivity contribution in [1.82, 2.24) is 4.98 Å². The summed E-state index contributed by atoms with van der Waals surface area (Å²) in [5, 5.41) is 3.74. The molecule has 0 radical (unpaired) electrons. The second-order valence-electron chi connectivity index (χ2n) is 6.88. The van der Waals surface area contributed by atoms with Crippen molar-refractivity contribution in [3.05, 3.63) is 71.1 Å². The fourth-order valence-corrected chi connectivity index (χ4v) is 3.65. The normalized spacial score (nSPS) is 14.1. The van der Waals surface area contributed by atoms with Gasteiger partial charge in [-0.25, -0.2) is 4.98 Å². The molecule has 0 bridgehead atoms. The zero-order chi connectivity index (χ0) is 21.8. The third-order valence-electron chi connectivity index (χ3n) is 4.86. The highest BCUT2D eigenvalue weighted by atomic mass is 35.5. The van der Waals surface area contributed by atoms with Crippen molar-refractivity contribution in [2.75, 3.05) is 5.32 Å². The van der Waals surface area contributed by atoms with Gasteiger partial charge in [0, 0.05) is 34.3 Å². The van der Waals surface area contributed by atoms with E-state index in [2.05, 4.69) is 19.8 Å². The number of benzene rings is 2. The van der Waals surface area contributed by atoms with E-state index in [9.17, 15) is 13.6 Å². The number of ether oxygens (including phenoxy) is 2. The molecule has 31 heavy (non-hydrogen) atoms. The Bertz CT molecular complexity index is 1340. The molecule has 0 spiro atoms. The summed E-state index contributed by atoms with van der Waals surface area (Å²) in [4.78, 5) is 16.8. The summed E-state index contributed by atoms with van der Waals surface area (Å²) in [5.41, 5.74) is 2.33. The number of nitrogens with one attached hydrogen (secondary N) is 1. The van der Waals surface area contributed by atoms with Crippen molar-refractivity contribution in [2.24, 2.45) is 0 Å². The van der Waals surface area contributed by atoms with E-state index in [4.69, 9.17) is 16.0 Å². The standard InChI is InChI=1S/C22H13ClF2N2O4/c1-11-13-4-2-3-5-16(13)29-20(11)21(28)27-19-7-6-12(10-26-19)14-8-17-18(9-15(14)23)31-22(24,25)30-17/h2-10H,1H3,(H,26,27,28). The molecule has 6 nitrogen and oxygen atoms in total. The number of alkyl halides is 2. The molecule has 0 fully saturated rings. The van der Waals surface area contributed by atoms with Gasteiger partial charge in [0.05, 0.1) is 5.02 Å². The molecule has 0 unspecified atom stereocenters. The van der Waals surface area contributed by atoms with Gasteiger partial charge in [-0.1, -0.05) is 29.8 Å². The Morgan fingerprint density at radius 2 is 1.84 bits per heavy atom. The number of hydrogen-bond acceptors (Lipinski definition) is 5. The molecular formula is C22H13ClF2N2O4. The van der Waals surface area contributed by atoms with E-state index in [0.29, 0.717) is 16.7 Å². The van der Waals surface area contributed by atoms with Crippen molar-refractivity contribution in [1.29, 1.82) is 0 Å². The topological polar surface area (TPSA) is 73.6 Å². The van der Waals surface area contributed by atoms with Crippen LogP contribution in [-0.4, -0.2) is 17.2 Å². The molecule has 2 aromatic heterocycles. The molecule has 1 N–H and O–H groups in total. The van der Waals surface area contributed by atoms with E-state index in [1.807, 2.05) is 25.1 Å². The molecule has 9 heteroatoms. The summed E-state index contributed by atoms with van der Waals surface area (Å²) in [6.45, 7) is 1.81. The number of fused-ring (bicyclic) bond motifs is 2. The molecule has 0 saturated heterocycles. The minimum absolute atomic E-state index is 0.123. The summed E-state index contributed by atoms with van der Waals surface area (Å²) < 4.78 is 41.0. The molecule has 3 heterocycles. The first-order valence-corrected chi connectivity index (χ1v) is 9.54. The Morgan fingerprint density at radius 3 is 2.55 bits per heavy atom. The Labute approximate surface area is 179 Å². The molecule has 5 rings (SSSR count). The molecule has 0 saturated carbocycles. The summed E-state index contributed by atoms with van der Waals surface area (Å²) in [7, 11) is 0. The number of carbonyl (C=O) groups is 1. The lowest BCUT2D eigenvalue weighted by Gasteiger charge is -2.08. The second kappa shape index (κ2) is 6.95. The fourth-order valence-electron chi connectivity index (χ4n) is 3.38. The van der Waals surface area contributed by atoms with Crippen LogP contribution >= 0.6 is 11.6 Å². The Hall–Kier alpha value is -3.65. The summed E-state index contributed by atoms with van der Waals surface area (Å²) in [5.74, 6) is -0.208. The monoisotopic (exact) mass is 442 g/mol. The van der Waals surface area contributed by atoms with Gasteiger partial charge in [-0.3, -0.25) is 4.79 Å². The van der Waals surface area contributed by atoms with Gasteiger partial charge < -0.3 is 19.2 Å². The van der Waals surface area contributed by atoms with Crippen LogP contribution in [0.25, 0.3) is 22.1 Å². The minimum atomic E-state index is -3.73. The van der Waals surface area contributed by atoms with Crippen molar-refractivity contribution < 1.29 is 27.5 Å². The predicted molar refractivity (Wildman–Crippen MR) is 110 cm³/mol. The van der Waals surface area contributed by atoms with E-state index in [1.54, 1.807) is 18.2 Å². The van der Waals surface area contributed by atoms with Gasteiger partial charge in [0.2, 0.25) is 0 Å². The molecular weight excluding hydrogens is 430 g/mol. The quantitative estimate of drug-likeness (QED) is 0.419. The maximum Gasteiger partial charge on any atom is 0.586 e. The number of anilines is 1. The van der Waals surface area contributed by atoms with Gasteiger partial charge in [-0.2, -0.15) is 0 Å². The highest BCUT2D eigenvalue weighted by molar-refractivity contribution is 6.33. The van der Waals surface area contributed by atoms with Gasteiger partial charge in [-0.15, -0.1) is 8.78 Å². The van der Waals surface area contributed by atoms with Crippen LogP contribution in [0.15, 0.2) is 59.1 Å². The lowest BCUT2D eigenvalue weighted by molar-refractivity contribution is -0.286. The Balaban J connectivity index is 1.38. The largest absolute Gasteiger partial charge is 0.586 e. The molecule has 1 aliphatic heterocycles. The number of halogens is 3. The number of amides is 1. The van der Waals surface area contributed by atoms with E-state index < -0.39 is 12.2 Å². The van der Waals surface area contributed by atoms with Gasteiger partial charge in [0.25, 0.3) is 5.91 Å². The zero-order valence-corrected chi connectivity index (χ0v) is 16.7. The molecule has 0 aliphatic carbocycles. The molecule has 4 aromatic rings. The van der Waals surface area contributed by atoms with Crippen LogP contribution in [0.5, 0.6) is 11.5 Å². The molecule has 0 atom stereocenters. The van der Waals surface area contributed by atoms with E-state index >= 15 is 0 Å². The van der Waals surface area contributed by atoms with Crippen LogP contribution in [-0.2, 0) is 0 Å². The molecule has 156 valence electrons. The van der Waals surface area contributed by atoms with E-state index in [1.165, 1.54) is 18.3 Å². The second-order valence-corrected chi connectivity index (χ2v) is 7.29. The average Bonchev–Trinajstić information content (AvgIpc) is 3.23. The smallest absolute Gasteiger partial charge is 0.451 e. The summed E-state index contributed by atoms with van der Waals surface area (Å²) in [6.07, 6.45) is -2.27. The van der Waals surface area contributed by atoms with Crippen molar-refractivity contribution in [3.63, 3.8) is 0 Å². The fraction of sp³-hybridized carbons (Fsp3) is 0.0909. The molecule has 1 aliphatic rings. The number of hydrogen-bond donors (Lipinski definition) is 1. The summed E-state index contributed by atoms with van der Waals surface area (Å²) in [6, 6.07) is 13.2. The maximum absolute atomic E-state index is 13.3. The number of furan rings is 1. The third-order valence-corrected chi connectivity index (χ3v) is 5.17. The number of aryl methyl sites for hydroxylation is 1. The van der Waals surface area contributed by atoms with Gasteiger partial charge in [0.1, 0.15) is 11.4 Å². The number of carbonyl (C=O) groups excluding carboxylic acids is 1. The first-order chi connectivity index (χ1) is 14.8. The average molecular weight is 443 g/mol. The number of rotatable bonds is 3. The van der Waals surface area contributed by atoms with Crippen molar-refractivity contribution >= 4 is 34.3 Å². The van der Waals surface area contributed by atoms with Crippen LogP contribution in [0, 0.1) is 6.92 Å². The SMILES string of the molecule is Cc1c(C(=O)Nc2ccc(-c3cc4c(cc3Cl)OC(F)(F)O4)cn2)oc2ccccc12. The number of para-hydroxylation sites is 1. The lowest BCUT2D eigenvalue weighted by atomic mass is 10.1.